The molecule has 0 bridgehead atoms. The predicted octanol–water partition coefficient (Wildman–Crippen LogP) is 6.25. The molecule has 31 heavy (non-hydrogen) atoms. The monoisotopic (exact) mass is 408 g/mol. The standard InChI is InChI=1S/C26H20N2O3/c1-29-21-14-13-20(23(15-21)30-2)17-28-26-22(16-27)24(18-9-5-3-6-10-18)25(31-26)19-11-7-4-8-12-19/h3-15,17H,1-2H3/b28-17+. The van der Waals surface area contributed by atoms with Crippen LogP contribution in [0.4, 0.5) is 5.88 Å². The Hall–Kier alpha value is -4.30. The third-order valence-electron chi connectivity index (χ3n) is 4.86. The van der Waals surface area contributed by atoms with E-state index in [1.165, 1.54) is 0 Å². The second kappa shape index (κ2) is 9.02. The number of nitrogens with zero attached hydrogens (tertiary/aromatic N) is 2. The summed E-state index contributed by atoms with van der Waals surface area (Å²) in [5.74, 6) is 2.15. The average molecular weight is 408 g/mol. The number of furan rings is 1. The molecule has 0 fully saturated rings. The molecule has 5 nitrogen and oxygen atoms in total. The third-order valence-corrected chi connectivity index (χ3v) is 4.86. The maximum Gasteiger partial charge on any atom is 0.238 e. The quantitative estimate of drug-likeness (QED) is 0.354. The van der Waals surface area contributed by atoms with E-state index in [2.05, 4.69) is 11.1 Å². The molecule has 0 saturated carbocycles. The Balaban J connectivity index is 1.85. The first-order valence-electron chi connectivity index (χ1n) is 9.69. The summed E-state index contributed by atoms with van der Waals surface area (Å²) in [4.78, 5) is 4.51. The molecule has 152 valence electrons. The van der Waals surface area contributed by atoms with Crippen LogP contribution in [0.25, 0.3) is 22.5 Å². The summed E-state index contributed by atoms with van der Waals surface area (Å²) in [5.41, 5.74) is 3.62. The van der Waals surface area contributed by atoms with Crippen LogP contribution in [0.1, 0.15) is 11.1 Å². The van der Waals surface area contributed by atoms with E-state index in [0.717, 1.165) is 22.3 Å². The summed E-state index contributed by atoms with van der Waals surface area (Å²) < 4.78 is 16.8. The van der Waals surface area contributed by atoms with Crippen molar-refractivity contribution < 1.29 is 13.9 Å². The average Bonchev–Trinajstić information content (AvgIpc) is 3.22. The van der Waals surface area contributed by atoms with Gasteiger partial charge in [-0.15, -0.1) is 0 Å². The van der Waals surface area contributed by atoms with Gasteiger partial charge in [-0.05, 0) is 17.7 Å². The molecule has 0 unspecified atom stereocenters. The van der Waals surface area contributed by atoms with Crippen LogP contribution in [0.3, 0.4) is 0 Å². The van der Waals surface area contributed by atoms with E-state index in [1.807, 2.05) is 72.8 Å². The number of rotatable bonds is 6. The number of hydrogen-bond donors (Lipinski definition) is 0. The fourth-order valence-corrected chi connectivity index (χ4v) is 3.34. The van der Waals surface area contributed by atoms with Crippen molar-refractivity contribution in [3.8, 4) is 40.0 Å². The number of nitriles is 1. The molecular weight excluding hydrogens is 388 g/mol. The smallest absolute Gasteiger partial charge is 0.238 e. The summed E-state index contributed by atoms with van der Waals surface area (Å²) in [6.07, 6.45) is 1.63. The normalized spacial score (nSPS) is 10.7. The van der Waals surface area contributed by atoms with Crippen LogP contribution in [0, 0.1) is 11.3 Å². The van der Waals surface area contributed by atoms with Gasteiger partial charge in [0.1, 0.15) is 28.9 Å². The van der Waals surface area contributed by atoms with Crippen LogP contribution in [-0.4, -0.2) is 20.4 Å². The molecule has 1 heterocycles. The highest BCUT2D eigenvalue weighted by Gasteiger charge is 2.22. The van der Waals surface area contributed by atoms with Crippen LogP contribution < -0.4 is 9.47 Å². The summed E-state index contributed by atoms with van der Waals surface area (Å²) in [6, 6.07) is 27.1. The molecule has 0 spiro atoms. The molecule has 0 saturated heterocycles. The SMILES string of the molecule is COc1ccc(/C=N/c2oc(-c3ccccc3)c(-c3ccccc3)c2C#N)c(OC)c1. The number of ether oxygens (including phenoxy) is 2. The fourth-order valence-electron chi connectivity index (χ4n) is 3.34. The maximum atomic E-state index is 9.96. The summed E-state index contributed by atoms with van der Waals surface area (Å²) in [7, 11) is 3.18. The zero-order valence-electron chi connectivity index (χ0n) is 17.2. The lowest BCUT2D eigenvalue weighted by Crippen LogP contribution is -1.92. The first kappa shape index (κ1) is 20.0. The summed E-state index contributed by atoms with van der Waals surface area (Å²) >= 11 is 0. The van der Waals surface area contributed by atoms with Crippen LogP contribution in [0.5, 0.6) is 11.5 Å². The van der Waals surface area contributed by atoms with Crippen molar-refractivity contribution in [1.29, 1.82) is 5.26 Å². The van der Waals surface area contributed by atoms with Crippen molar-refractivity contribution in [2.24, 2.45) is 4.99 Å². The van der Waals surface area contributed by atoms with E-state index in [9.17, 15) is 5.26 Å². The van der Waals surface area contributed by atoms with Crippen LogP contribution in [0.15, 0.2) is 88.3 Å². The van der Waals surface area contributed by atoms with E-state index >= 15 is 0 Å². The van der Waals surface area contributed by atoms with Gasteiger partial charge in [-0.1, -0.05) is 60.7 Å². The van der Waals surface area contributed by atoms with E-state index in [0.29, 0.717) is 22.8 Å². The van der Waals surface area contributed by atoms with Gasteiger partial charge in [-0.2, -0.15) is 5.26 Å². The Kier molecular flexibility index (Phi) is 5.82. The summed E-state index contributed by atoms with van der Waals surface area (Å²) in [5, 5.41) is 9.96. The fraction of sp³-hybridized carbons (Fsp3) is 0.0769. The molecule has 0 aliphatic heterocycles. The highest BCUT2D eigenvalue weighted by molar-refractivity contribution is 5.90. The highest BCUT2D eigenvalue weighted by Crippen LogP contribution is 2.42. The number of benzene rings is 3. The van der Waals surface area contributed by atoms with Crippen molar-refractivity contribution in [2.75, 3.05) is 14.2 Å². The minimum absolute atomic E-state index is 0.248. The minimum atomic E-state index is 0.248. The lowest BCUT2D eigenvalue weighted by atomic mass is 9.98. The molecule has 1 aromatic heterocycles. The van der Waals surface area contributed by atoms with Crippen molar-refractivity contribution in [3.05, 3.63) is 90.0 Å². The van der Waals surface area contributed by atoms with Gasteiger partial charge in [0.2, 0.25) is 5.88 Å². The van der Waals surface area contributed by atoms with Crippen molar-refractivity contribution in [2.45, 2.75) is 0 Å². The molecule has 4 aromatic rings. The van der Waals surface area contributed by atoms with Crippen LogP contribution in [-0.2, 0) is 0 Å². The van der Waals surface area contributed by atoms with Gasteiger partial charge in [0.25, 0.3) is 0 Å². The second-order valence-corrected chi connectivity index (χ2v) is 6.70. The Labute approximate surface area is 180 Å². The first-order chi connectivity index (χ1) is 15.2. The van der Waals surface area contributed by atoms with Gasteiger partial charge in [-0.25, -0.2) is 4.99 Å². The topological polar surface area (TPSA) is 67.8 Å². The molecule has 0 radical (unpaired) electrons. The van der Waals surface area contributed by atoms with Crippen molar-refractivity contribution in [1.82, 2.24) is 0 Å². The van der Waals surface area contributed by atoms with Crippen LogP contribution in [0.2, 0.25) is 0 Å². The Bertz CT molecular complexity index is 1250. The van der Waals surface area contributed by atoms with Gasteiger partial charge in [0.05, 0.1) is 14.2 Å². The Morgan fingerprint density at radius 2 is 1.55 bits per heavy atom. The molecule has 0 aliphatic carbocycles. The Morgan fingerprint density at radius 3 is 2.16 bits per heavy atom. The lowest BCUT2D eigenvalue weighted by Gasteiger charge is -2.06. The zero-order valence-corrected chi connectivity index (χ0v) is 17.2. The largest absolute Gasteiger partial charge is 0.497 e. The van der Waals surface area contributed by atoms with Crippen LogP contribution >= 0.6 is 0 Å². The number of aliphatic imine (C=N–C) groups is 1. The maximum absolute atomic E-state index is 9.96. The first-order valence-corrected chi connectivity index (χ1v) is 9.69. The molecule has 0 N–H and O–H groups in total. The van der Waals surface area contributed by atoms with E-state index < -0.39 is 0 Å². The molecule has 5 heteroatoms. The molecule has 0 atom stereocenters. The minimum Gasteiger partial charge on any atom is -0.497 e. The van der Waals surface area contributed by atoms with Gasteiger partial charge in [0.15, 0.2) is 0 Å². The van der Waals surface area contributed by atoms with Crippen molar-refractivity contribution >= 4 is 12.1 Å². The Morgan fingerprint density at radius 1 is 0.871 bits per heavy atom. The second-order valence-electron chi connectivity index (χ2n) is 6.70. The molecular formula is C26H20N2O3. The van der Waals surface area contributed by atoms with Crippen molar-refractivity contribution in [3.63, 3.8) is 0 Å². The number of methoxy groups -OCH3 is 2. The third kappa shape index (κ3) is 4.05. The molecule has 4 rings (SSSR count). The zero-order chi connectivity index (χ0) is 21.6. The van der Waals surface area contributed by atoms with Gasteiger partial charge in [0, 0.05) is 29.0 Å². The van der Waals surface area contributed by atoms with E-state index in [4.69, 9.17) is 13.9 Å². The summed E-state index contributed by atoms with van der Waals surface area (Å²) in [6.45, 7) is 0. The van der Waals surface area contributed by atoms with Gasteiger partial charge in [-0.3, -0.25) is 0 Å². The lowest BCUT2D eigenvalue weighted by molar-refractivity contribution is 0.394. The molecule has 0 amide bonds. The van der Waals surface area contributed by atoms with Gasteiger partial charge >= 0.3 is 0 Å². The highest BCUT2D eigenvalue weighted by atomic mass is 16.5. The van der Waals surface area contributed by atoms with E-state index in [-0.39, 0.29) is 5.88 Å². The molecule has 0 aliphatic rings. The van der Waals surface area contributed by atoms with Gasteiger partial charge < -0.3 is 13.9 Å². The van der Waals surface area contributed by atoms with E-state index in [1.54, 1.807) is 26.5 Å². The molecule has 3 aromatic carbocycles. The predicted molar refractivity (Wildman–Crippen MR) is 121 cm³/mol. The number of hydrogen-bond acceptors (Lipinski definition) is 5.